The number of halogens is 1. The molecule has 1 rings (SSSR count). The van der Waals surface area contributed by atoms with Crippen molar-refractivity contribution in [1.82, 2.24) is 0 Å². The van der Waals surface area contributed by atoms with Crippen LogP contribution in [0.1, 0.15) is 12.0 Å². The summed E-state index contributed by atoms with van der Waals surface area (Å²) in [6.07, 6.45) is 2.06. The summed E-state index contributed by atoms with van der Waals surface area (Å²) in [6.45, 7) is 5.78. The lowest BCUT2D eigenvalue weighted by atomic mass is 10.2. The van der Waals surface area contributed by atoms with E-state index in [0.29, 0.717) is 6.61 Å². The van der Waals surface area contributed by atoms with Gasteiger partial charge in [0.1, 0.15) is 6.54 Å². The van der Waals surface area contributed by atoms with Gasteiger partial charge >= 0.3 is 5.97 Å². The van der Waals surface area contributed by atoms with Crippen LogP contribution in [0.5, 0.6) is 0 Å². The van der Waals surface area contributed by atoms with Gasteiger partial charge in [0.05, 0.1) is 27.2 Å². The van der Waals surface area contributed by atoms with Crippen LogP contribution in [0.15, 0.2) is 43.0 Å². The molecule has 0 radical (unpaired) electrons. The number of esters is 1. The normalized spacial score (nSPS) is 10.4. The van der Waals surface area contributed by atoms with Crippen LogP contribution in [0, 0.1) is 0 Å². The minimum atomic E-state index is -0.344. The minimum absolute atomic E-state index is 0. The van der Waals surface area contributed by atoms with E-state index in [1.54, 1.807) is 0 Å². The van der Waals surface area contributed by atoms with E-state index < -0.39 is 0 Å². The maximum atomic E-state index is 10.9. The van der Waals surface area contributed by atoms with E-state index in [2.05, 4.69) is 44.9 Å². The van der Waals surface area contributed by atoms with Gasteiger partial charge in [-0.15, -0.1) is 0 Å². The molecule has 0 aliphatic carbocycles. The molecular formula is C15H22FNO2. The first-order valence-electron chi connectivity index (χ1n) is 6.18. The summed E-state index contributed by atoms with van der Waals surface area (Å²) < 4.78 is 5.85. The lowest BCUT2D eigenvalue weighted by Crippen LogP contribution is -3.00. The standard InChI is InChI=1S/C15H22NO2.FH/c1-4-15(17)18-12-8-11-16(2,3)13-14-9-6-5-7-10-14;/h4-7,9-10H,1,8,11-13H2,2-3H3;1H/q+1;/p-1. The summed E-state index contributed by atoms with van der Waals surface area (Å²) in [5.41, 5.74) is 1.32. The quantitative estimate of drug-likeness (QED) is 0.285. The Bertz CT molecular complexity index is 390. The lowest BCUT2D eigenvalue weighted by Gasteiger charge is -2.29. The van der Waals surface area contributed by atoms with Crippen LogP contribution in [0.3, 0.4) is 0 Å². The average molecular weight is 267 g/mol. The molecule has 4 heteroatoms. The second-order valence-corrected chi connectivity index (χ2v) is 5.03. The molecule has 0 saturated heterocycles. The fourth-order valence-corrected chi connectivity index (χ4v) is 1.88. The molecule has 1 aromatic carbocycles. The van der Waals surface area contributed by atoms with Crippen LogP contribution in [-0.4, -0.2) is 37.7 Å². The Balaban J connectivity index is 0.00000324. The molecule has 0 fully saturated rings. The molecule has 0 atom stereocenters. The molecule has 0 saturated carbocycles. The van der Waals surface area contributed by atoms with Crippen LogP contribution in [0.25, 0.3) is 0 Å². The molecule has 0 bridgehead atoms. The molecule has 19 heavy (non-hydrogen) atoms. The first-order chi connectivity index (χ1) is 8.53. The molecule has 0 amide bonds. The van der Waals surface area contributed by atoms with Crippen LogP contribution < -0.4 is 4.70 Å². The summed E-state index contributed by atoms with van der Waals surface area (Å²) in [5, 5.41) is 0. The van der Waals surface area contributed by atoms with E-state index in [4.69, 9.17) is 4.74 Å². The molecule has 0 aromatic heterocycles. The highest BCUT2D eigenvalue weighted by Crippen LogP contribution is 2.09. The third-order valence-corrected chi connectivity index (χ3v) is 2.77. The number of hydrogen-bond acceptors (Lipinski definition) is 2. The van der Waals surface area contributed by atoms with Gasteiger partial charge in [0, 0.05) is 18.1 Å². The Kier molecular flexibility index (Phi) is 7.68. The lowest BCUT2D eigenvalue weighted by molar-refractivity contribution is -0.903. The zero-order valence-electron chi connectivity index (χ0n) is 11.6. The van der Waals surface area contributed by atoms with Crippen LogP contribution in [0.4, 0.5) is 0 Å². The van der Waals surface area contributed by atoms with E-state index in [1.165, 1.54) is 11.6 Å². The van der Waals surface area contributed by atoms with Gasteiger partial charge < -0.3 is 13.9 Å². The van der Waals surface area contributed by atoms with Crippen molar-refractivity contribution in [2.75, 3.05) is 27.2 Å². The molecule has 106 valence electrons. The van der Waals surface area contributed by atoms with Gasteiger partial charge in [0.25, 0.3) is 0 Å². The number of quaternary nitrogens is 1. The fourth-order valence-electron chi connectivity index (χ4n) is 1.88. The van der Waals surface area contributed by atoms with E-state index in [9.17, 15) is 4.79 Å². The number of nitrogens with zero attached hydrogens (tertiary/aromatic N) is 1. The highest BCUT2D eigenvalue weighted by molar-refractivity contribution is 5.81. The van der Waals surface area contributed by atoms with E-state index in [1.807, 2.05) is 6.07 Å². The Morgan fingerprint density at radius 3 is 2.53 bits per heavy atom. The van der Waals surface area contributed by atoms with Crippen molar-refractivity contribution >= 4 is 5.97 Å². The van der Waals surface area contributed by atoms with Gasteiger partial charge in [-0.2, -0.15) is 0 Å². The highest BCUT2D eigenvalue weighted by Gasteiger charge is 2.15. The molecule has 0 heterocycles. The topological polar surface area (TPSA) is 26.3 Å². The van der Waals surface area contributed by atoms with E-state index >= 15 is 0 Å². The maximum absolute atomic E-state index is 10.9. The average Bonchev–Trinajstić information content (AvgIpc) is 2.35. The zero-order valence-corrected chi connectivity index (χ0v) is 11.6. The summed E-state index contributed by atoms with van der Waals surface area (Å²) in [5.74, 6) is -0.344. The third-order valence-electron chi connectivity index (χ3n) is 2.77. The minimum Gasteiger partial charge on any atom is -1.00 e. The molecule has 0 N–H and O–H groups in total. The monoisotopic (exact) mass is 267 g/mol. The predicted molar refractivity (Wildman–Crippen MR) is 72.9 cm³/mol. The van der Waals surface area contributed by atoms with Crippen LogP contribution in [-0.2, 0) is 16.1 Å². The van der Waals surface area contributed by atoms with Crippen molar-refractivity contribution in [3.63, 3.8) is 0 Å². The number of benzene rings is 1. The van der Waals surface area contributed by atoms with Crippen LogP contribution in [0.2, 0.25) is 0 Å². The summed E-state index contributed by atoms with van der Waals surface area (Å²) >= 11 is 0. The van der Waals surface area contributed by atoms with Gasteiger partial charge in [-0.3, -0.25) is 0 Å². The summed E-state index contributed by atoms with van der Waals surface area (Å²) in [4.78, 5) is 10.9. The summed E-state index contributed by atoms with van der Waals surface area (Å²) in [6, 6.07) is 10.4. The molecule has 0 unspecified atom stereocenters. The third kappa shape index (κ3) is 7.36. The number of ether oxygens (including phenoxy) is 1. The van der Waals surface area contributed by atoms with Gasteiger partial charge in [-0.25, -0.2) is 4.79 Å². The Labute approximate surface area is 114 Å². The Morgan fingerprint density at radius 1 is 1.32 bits per heavy atom. The van der Waals surface area contributed by atoms with Crippen molar-refractivity contribution in [1.29, 1.82) is 0 Å². The van der Waals surface area contributed by atoms with E-state index in [-0.39, 0.29) is 10.7 Å². The molecule has 0 aliphatic heterocycles. The van der Waals surface area contributed by atoms with Gasteiger partial charge in [0.15, 0.2) is 0 Å². The van der Waals surface area contributed by atoms with Gasteiger partial charge in [-0.05, 0) is 0 Å². The number of carbonyl (C=O) groups is 1. The van der Waals surface area contributed by atoms with Crippen molar-refractivity contribution in [2.24, 2.45) is 0 Å². The number of carbonyl (C=O) groups excluding carboxylic acids is 1. The molecule has 0 spiro atoms. The van der Waals surface area contributed by atoms with Crippen molar-refractivity contribution < 1.29 is 18.7 Å². The van der Waals surface area contributed by atoms with E-state index in [0.717, 1.165) is 24.0 Å². The van der Waals surface area contributed by atoms with Crippen LogP contribution >= 0.6 is 0 Å². The van der Waals surface area contributed by atoms with Crippen molar-refractivity contribution in [3.05, 3.63) is 48.6 Å². The largest absolute Gasteiger partial charge is 1.00 e. The smallest absolute Gasteiger partial charge is 0.330 e. The highest BCUT2D eigenvalue weighted by atomic mass is 19.0. The Hall–Kier alpha value is -1.68. The molecule has 3 nitrogen and oxygen atoms in total. The maximum Gasteiger partial charge on any atom is 0.330 e. The van der Waals surface area contributed by atoms with Gasteiger partial charge in [-0.1, -0.05) is 36.9 Å². The predicted octanol–water partition coefficient (Wildman–Crippen LogP) is -0.614. The van der Waals surface area contributed by atoms with Gasteiger partial charge in [0.2, 0.25) is 0 Å². The fraction of sp³-hybridized carbons (Fsp3) is 0.400. The van der Waals surface area contributed by atoms with Crippen molar-refractivity contribution in [3.8, 4) is 0 Å². The summed E-state index contributed by atoms with van der Waals surface area (Å²) in [7, 11) is 4.37. The first kappa shape index (κ1) is 17.3. The second-order valence-electron chi connectivity index (χ2n) is 5.03. The second kappa shape index (κ2) is 8.43. The number of hydrogen-bond donors (Lipinski definition) is 0. The zero-order chi connectivity index (χ0) is 13.4. The molecular weight excluding hydrogens is 245 g/mol. The number of rotatable bonds is 7. The Morgan fingerprint density at radius 2 is 1.95 bits per heavy atom. The van der Waals surface area contributed by atoms with Crippen molar-refractivity contribution in [2.45, 2.75) is 13.0 Å². The molecule has 0 aliphatic rings. The molecule has 1 aromatic rings. The SMILES string of the molecule is C=CC(=O)OCCC[N+](C)(C)Cc1ccccc1.[F-]. The first-order valence-corrected chi connectivity index (χ1v) is 6.18.